The molecule has 0 saturated carbocycles. The molecule has 0 amide bonds. The maximum absolute atomic E-state index is 12.8. The fourth-order valence-corrected chi connectivity index (χ4v) is 4.41. The van der Waals surface area contributed by atoms with Crippen molar-refractivity contribution in [2.75, 3.05) is 19.0 Å². The van der Waals surface area contributed by atoms with Crippen LogP contribution < -0.4 is 10.0 Å². The molecule has 0 bridgehead atoms. The van der Waals surface area contributed by atoms with Crippen molar-refractivity contribution in [3.8, 4) is 0 Å². The molecule has 0 aliphatic heterocycles. The SMILES string of the molecule is CCNc1ccc2c(c1)oc1cc(S(=O)(=O)N[C@H](C(=O)OC)C(C)C)ccc12. The molecule has 0 radical (unpaired) electrons. The Labute approximate surface area is 164 Å². The topological polar surface area (TPSA) is 97.6 Å². The van der Waals surface area contributed by atoms with E-state index in [9.17, 15) is 13.2 Å². The second-order valence-corrected chi connectivity index (χ2v) is 8.58. The minimum Gasteiger partial charge on any atom is -0.468 e. The van der Waals surface area contributed by atoms with Crippen LogP contribution in [0.1, 0.15) is 20.8 Å². The summed E-state index contributed by atoms with van der Waals surface area (Å²) in [6, 6.07) is 9.51. The van der Waals surface area contributed by atoms with E-state index in [4.69, 9.17) is 9.15 Å². The smallest absolute Gasteiger partial charge is 0.324 e. The highest BCUT2D eigenvalue weighted by Gasteiger charge is 2.29. The first-order valence-electron chi connectivity index (χ1n) is 9.07. The molecule has 8 heteroatoms. The number of benzene rings is 2. The highest BCUT2D eigenvalue weighted by Crippen LogP contribution is 2.32. The molecule has 28 heavy (non-hydrogen) atoms. The van der Waals surface area contributed by atoms with E-state index in [2.05, 4.69) is 10.0 Å². The van der Waals surface area contributed by atoms with E-state index in [-0.39, 0.29) is 10.8 Å². The lowest BCUT2D eigenvalue weighted by molar-refractivity contribution is -0.143. The predicted octanol–water partition coefficient (Wildman–Crippen LogP) is 3.49. The highest BCUT2D eigenvalue weighted by molar-refractivity contribution is 7.89. The number of furan rings is 1. The van der Waals surface area contributed by atoms with Gasteiger partial charge in [0.05, 0.1) is 12.0 Å². The van der Waals surface area contributed by atoms with Crippen LogP contribution in [0, 0.1) is 5.92 Å². The molecule has 0 aliphatic carbocycles. The Balaban J connectivity index is 2.00. The van der Waals surface area contributed by atoms with E-state index in [1.165, 1.54) is 19.2 Å². The first-order valence-corrected chi connectivity index (χ1v) is 10.6. The molecule has 3 rings (SSSR count). The third kappa shape index (κ3) is 3.83. The number of sulfonamides is 1. The van der Waals surface area contributed by atoms with E-state index >= 15 is 0 Å². The monoisotopic (exact) mass is 404 g/mol. The second kappa shape index (κ2) is 7.81. The average molecular weight is 404 g/mol. The number of hydrogen-bond acceptors (Lipinski definition) is 6. The van der Waals surface area contributed by atoms with E-state index in [1.54, 1.807) is 19.9 Å². The first kappa shape index (κ1) is 20.2. The van der Waals surface area contributed by atoms with Crippen LogP contribution in [0.4, 0.5) is 5.69 Å². The van der Waals surface area contributed by atoms with Gasteiger partial charge in [0.2, 0.25) is 10.0 Å². The summed E-state index contributed by atoms with van der Waals surface area (Å²) in [6.45, 7) is 6.28. The number of anilines is 1. The Morgan fingerprint density at radius 1 is 1.11 bits per heavy atom. The number of esters is 1. The zero-order valence-corrected chi connectivity index (χ0v) is 17.1. The molecule has 3 aromatic rings. The van der Waals surface area contributed by atoms with Crippen molar-refractivity contribution in [3.05, 3.63) is 36.4 Å². The number of rotatable bonds is 7. The lowest BCUT2D eigenvalue weighted by Crippen LogP contribution is -2.44. The zero-order chi connectivity index (χ0) is 20.5. The van der Waals surface area contributed by atoms with Gasteiger partial charge in [0, 0.05) is 35.1 Å². The summed E-state index contributed by atoms with van der Waals surface area (Å²) >= 11 is 0. The fraction of sp³-hybridized carbons (Fsp3) is 0.350. The molecule has 0 unspecified atom stereocenters. The minimum absolute atomic E-state index is 0.0283. The summed E-state index contributed by atoms with van der Waals surface area (Å²) in [5, 5.41) is 4.95. The summed E-state index contributed by atoms with van der Waals surface area (Å²) in [5.74, 6) is -0.888. The van der Waals surface area contributed by atoms with Crippen LogP contribution in [0.25, 0.3) is 21.9 Å². The molecule has 1 atom stereocenters. The molecule has 0 spiro atoms. The van der Waals surface area contributed by atoms with Gasteiger partial charge in [-0.05, 0) is 37.1 Å². The molecule has 150 valence electrons. The maximum Gasteiger partial charge on any atom is 0.324 e. The van der Waals surface area contributed by atoms with Crippen molar-refractivity contribution in [1.29, 1.82) is 0 Å². The highest BCUT2D eigenvalue weighted by atomic mass is 32.2. The number of nitrogens with one attached hydrogen (secondary N) is 2. The molecule has 0 fully saturated rings. The Kier molecular flexibility index (Phi) is 5.62. The molecular weight excluding hydrogens is 380 g/mol. The van der Waals surface area contributed by atoms with E-state index in [1.807, 2.05) is 25.1 Å². The Hall–Kier alpha value is -2.58. The van der Waals surface area contributed by atoms with Crippen molar-refractivity contribution in [2.45, 2.75) is 31.7 Å². The van der Waals surface area contributed by atoms with Gasteiger partial charge in [0.25, 0.3) is 0 Å². The van der Waals surface area contributed by atoms with Crippen molar-refractivity contribution < 1.29 is 22.4 Å². The predicted molar refractivity (Wildman–Crippen MR) is 109 cm³/mol. The summed E-state index contributed by atoms with van der Waals surface area (Å²) in [5.41, 5.74) is 2.07. The number of methoxy groups -OCH3 is 1. The Morgan fingerprint density at radius 2 is 1.75 bits per heavy atom. The van der Waals surface area contributed by atoms with Crippen molar-refractivity contribution >= 4 is 43.6 Å². The van der Waals surface area contributed by atoms with Crippen LogP contribution in [-0.2, 0) is 19.6 Å². The van der Waals surface area contributed by atoms with Gasteiger partial charge in [-0.25, -0.2) is 8.42 Å². The van der Waals surface area contributed by atoms with Gasteiger partial charge in [-0.3, -0.25) is 4.79 Å². The van der Waals surface area contributed by atoms with Gasteiger partial charge in [0.1, 0.15) is 17.2 Å². The number of fused-ring (bicyclic) bond motifs is 3. The van der Waals surface area contributed by atoms with E-state index in [0.29, 0.717) is 11.2 Å². The molecular formula is C20H24N2O5S. The number of hydrogen-bond donors (Lipinski definition) is 2. The lowest BCUT2D eigenvalue weighted by Gasteiger charge is -2.19. The second-order valence-electron chi connectivity index (χ2n) is 6.87. The van der Waals surface area contributed by atoms with Gasteiger partial charge in [-0.1, -0.05) is 13.8 Å². The normalized spacial score (nSPS) is 13.2. The Bertz CT molecular complexity index is 1120. The number of carbonyl (C=O) groups excluding carboxylic acids is 1. The molecule has 7 nitrogen and oxygen atoms in total. The Morgan fingerprint density at radius 3 is 2.36 bits per heavy atom. The third-order valence-electron chi connectivity index (χ3n) is 4.54. The van der Waals surface area contributed by atoms with Gasteiger partial charge < -0.3 is 14.5 Å². The molecule has 1 aromatic heterocycles. The standard InChI is InChI=1S/C20H24N2O5S/c1-5-21-13-6-8-15-16-9-7-14(11-18(16)27-17(15)10-13)28(24,25)22-19(12(2)3)20(23)26-4/h6-12,19,21-22H,5H2,1-4H3/t19-/m0/s1. The lowest BCUT2D eigenvalue weighted by atomic mass is 10.1. The van der Waals surface area contributed by atoms with Crippen molar-refractivity contribution in [2.24, 2.45) is 5.92 Å². The maximum atomic E-state index is 12.8. The summed E-state index contributed by atoms with van der Waals surface area (Å²) in [6.07, 6.45) is 0. The molecule has 2 aromatic carbocycles. The van der Waals surface area contributed by atoms with Crippen LogP contribution in [0.3, 0.4) is 0 Å². The zero-order valence-electron chi connectivity index (χ0n) is 16.3. The average Bonchev–Trinajstić information content (AvgIpc) is 3.02. The molecule has 0 saturated heterocycles. The van der Waals surface area contributed by atoms with Crippen LogP contribution in [0.15, 0.2) is 45.7 Å². The minimum atomic E-state index is -3.93. The molecule has 2 N–H and O–H groups in total. The number of carbonyl (C=O) groups is 1. The van der Waals surface area contributed by atoms with Gasteiger partial charge in [-0.2, -0.15) is 4.72 Å². The van der Waals surface area contributed by atoms with Crippen LogP contribution in [0.2, 0.25) is 0 Å². The van der Waals surface area contributed by atoms with Crippen molar-refractivity contribution in [1.82, 2.24) is 4.72 Å². The van der Waals surface area contributed by atoms with Crippen LogP contribution in [0.5, 0.6) is 0 Å². The van der Waals surface area contributed by atoms with E-state index in [0.717, 1.165) is 23.0 Å². The first-order chi connectivity index (χ1) is 13.3. The molecule has 0 aliphatic rings. The fourth-order valence-electron chi connectivity index (χ4n) is 3.06. The third-order valence-corrected chi connectivity index (χ3v) is 5.98. The van der Waals surface area contributed by atoms with E-state index < -0.39 is 22.0 Å². The summed E-state index contributed by atoms with van der Waals surface area (Å²) in [4.78, 5) is 11.9. The van der Waals surface area contributed by atoms with Crippen LogP contribution in [-0.4, -0.2) is 34.1 Å². The van der Waals surface area contributed by atoms with Crippen LogP contribution >= 0.6 is 0 Å². The largest absolute Gasteiger partial charge is 0.468 e. The summed E-state index contributed by atoms with van der Waals surface area (Å²) in [7, 11) is -2.70. The van der Waals surface area contributed by atoms with Crippen molar-refractivity contribution in [3.63, 3.8) is 0 Å². The molecule has 1 heterocycles. The van der Waals surface area contributed by atoms with Gasteiger partial charge in [0.15, 0.2) is 0 Å². The quantitative estimate of drug-likeness (QED) is 0.585. The van der Waals surface area contributed by atoms with Gasteiger partial charge in [-0.15, -0.1) is 0 Å². The van der Waals surface area contributed by atoms with Gasteiger partial charge >= 0.3 is 5.97 Å². The summed E-state index contributed by atoms with van der Waals surface area (Å²) < 4.78 is 38.6. The number of ether oxygens (including phenoxy) is 1.